The summed E-state index contributed by atoms with van der Waals surface area (Å²) in [7, 11) is 0. The molecule has 1 aliphatic heterocycles. The first kappa shape index (κ1) is 13.0. The molecule has 90 valence electrons. The zero-order valence-corrected chi connectivity index (χ0v) is 10.8. The summed E-state index contributed by atoms with van der Waals surface area (Å²) in [5, 5.41) is 0. The predicted molar refractivity (Wildman–Crippen MR) is 66.1 cm³/mol. The summed E-state index contributed by atoms with van der Waals surface area (Å²) in [4.78, 5) is 0. The maximum absolute atomic E-state index is 5.87. The zero-order chi connectivity index (χ0) is 11.1. The maximum Gasteiger partial charge on any atom is 0.0603 e. The lowest BCUT2D eigenvalue weighted by molar-refractivity contribution is -0.0369. The van der Waals surface area contributed by atoms with Gasteiger partial charge in [0.25, 0.3) is 0 Å². The molecule has 1 saturated heterocycles. The first-order valence-electron chi connectivity index (χ1n) is 6.85. The normalized spacial score (nSPS) is 29.0. The molecule has 1 heterocycles. The van der Waals surface area contributed by atoms with Crippen LogP contribution in [0.1, 0.15) is 65.7 Å². The van der Waals surface area contributed by atoms with Gasteiger partial charge in [0.05, 0.1) is 6.10 Å². The highest BCUT2D eigenvalue weighted by Gasteiger charge is 2.24. The van der Waals surface area contributed by atoms with E-state index in [0.29, 0.717) is 6.10 Å². The summed E-state index contributed by atoms with van der Waals surface area (Å²) in [5.41, 5.74) is 0. The Morgan fingerprint density at radius 2 is 2.07 bits per heavy atom. The van der Waals surface area contributed by atoms with Gasteiger partial charge in [0.2, 0.25) is 0 Å². The number of hydrogen-bond donors (Lipinski definition) is 0. The van der Waals surface area contributed by atoms with Gasteiger partial charge in [-0.2, -0.15) is 0 Å². The summed E-state index contributed by atoms with van der Waals surface area (Å²) >= 11 is 0. The van der Waals surface area contributed by atoms with Crippen molar-refractivity contribution in [2.24, 2.45) is 11.8 Å². The molecule has 1 nitrogen and oxygen atoms in total. The van der Waals surface area contributed by atoms with Crippen molar-refractivity contribution >= 4 is 0 Å². The van der Waals surface area contributed by atoms with Crippen molar-refractivity contribution in [2.75, 3.05) is 6.61 Å². The van der Waals surface area contributed by atoms with Crippen LogP contribution in [-0.2, 0) is 4.74 Å². The van der Waals surface area contributed by atoms with E-state index in [1.165, 1.54) is 44.9 Å². The molecule has 1 aliphatic rings. The van der Waals surface area contributed by atoms with Crippen LogP contribution in [0.15, 0.2) is 0 Å². The topological polar surface area (TPSA) is 9.23 Å². The third kappa shape index (κ3) is 5.01. The molecule has 1 rings (SSSR count). The van der Waals surface area contributed by atoms with E-state index in [4.69, 9.17) is 4.74 Å². The first-order valence-corrected chi connectivity index (χ1v) is 6.85. The van der Waals surface area contributed by atoms with Gasteiger partial charge in [-0.1, -0.05) is 46.5 Å². The number of unbranched alkanes of at least 4 members (excludes halogenated alkanes) is 3. The van der Waals surface area contributed by atoms with Gasteiger partial charge in [0.15, 0.2) is 0 Å². The van der Waals surface area contributed by atoms with E-state index >= 15 is 0 Å². The molecule has 1 heteroatoms. The predicted octanol–water partition coefficient (Wildman–Crippen LogP) is 4.41. The number of hydrogen-bond acceptors (Lipinski definition) is 1. The second kappa shape index (κ2) is 7.27. The molecule has 0 aromatic rings. The summed E-state index contributed by atoms with van der Waals surface area (Å²) in [5.74, 6) is 1.64. The molecule has 0 amide bonds. The van der Waals surface area contributed by atoms with Crippen molar-refractivity contribution in [1.82, 2.24) is 0 Å². The summed E-state index contributed by atoms with van der Waals surface area (Å²) in [6.07, 6.45) is 9.99. The highest BCUT2D eigenvalue weighted by molar-refractivity contribution is 4.73. The molecule has 0 spiro atoms. The Hall–Kier alpha value is -0.0400. The summed E-state index contributed by atoms with van der Waals surface area (Å²) in [6.45, 7) is 7.99. The van der Waals surface area contributed by atoms with E-state index in [2.05, 4.69) is 20.8 Å². The fourth-order valence-electron chi connectivity index (χ4n) is 2.48. The van der Waals surface area contributed by atoms with Crippen LogP contribution in [0.25, 0.3) is 0 Å². The Morgan fingerprint density at radius 1 is 1.27 bits per heavy atom. The smallest absolute Gasteiger partial charge is 0.0603 e. The third-order valence-corrected chi connectivity index (χ3v) is 3.72. The lowest BCUT2D eigenvalue weighted by Crippen LogP contribution is -2.29. The SMILES string of the molecule is CCCCCCC(C)C1CC(C)CCO1. The highest BCUT2D eigenvalue weighted by Crippen LogP contribution is 2.27. The number of rotatable bonds is 6. The monoisotopic (exact) mass is 212 g/mol. The van der Waals surface area contributed by atoms with Gasteiger partial charge in [-0.25, -0.2) is 0 Å². The van der Waals surface area contributed by atoms with Crippen molar-refractivity contribution in [3.05, 3.63) is 0 Å². The average Bonchev–Trinajstić information content (AvgIpc) is 2.24. The van der Waals surface area contributed by atoms with E-state index < -0.39 is 0 Å². The van der Waals surface area contributed by atoms with E-state index in [1.807, 2.05) is 0 Å². The van der Waals surface area contributed by atoms with Crippen LogP contribution in [0, 0.1) is 11.8 Å². The van der Waals surface area contributed by atoms with Gasteiger partial charge in [0, 0.05) is 6.61 Å². The van der Waals surface area contributed by atoms with Crippen molar-refractivity contribution in [1.29, 1.82) is 0 Å². The Balaban J connectivity index is 2.12. The summed E-state index contributed by atoms with van der Waals surface area (Å²) < 4.78 is 5.87. The molecule has 0 bridgehead atoms. The molecule has 1 fully saturated rings. The molecule has 3 atom stereocenters. The fourth-order valence-corrected chi connectivity index (χ4v) is 2.48. The Kier molecular flexibility index (Phi) is 6.31. The fraction of sp³-hybridized carbons (Fsp3) is 1.00. The molecule has 0 aromatic heterocycles. The average molecular weight is 212 g/mol. The van der Waals surface area contributed by atoms with E-state index in [1.54, 1.807) is 0 Å². The minimum atomic E-state index is 0.551. The standard InChI is InChI=1S/C14H28O/c1-4-5-6-7-8-13(3)14-11-12(2)9-10-15-14/h12-14H,4-11H2,1-3H3. The van der Waals surface area contributed by atoms with Gasteiger partial charge in [0.1, 0.15) is 0 Å². The van der Waals surface area contributed by atoms with Crippen molar-refractivity contribution < 1.29 is 4.74 Å². The van der Waals surface area contributed by atoms with Gasteiger partial charge >= 0.3 is 0 Å². The minimum Gasteiger partial charge on any atom is -0.378 e. The summed E-state index contributed by atoms with van der Waals surface area (Å²) in [6, 6.07) is 0. The van der Waals surface area contributed by atoms with Crippen LogP contribution in [0.3, 0.4) is 0 Å². The lowest BCUT2D eigenvalue weighted by Gasteiger charge is -2.31. The Morgan fingerprint density at radius 3 is 2.73 bits per heavy atom. The Bertz CT molecular complexity index is 155. The molecule has 15 heavy (non-hydrogen) atoms. The molecule has 0 radical (unpaired) electrons. The molecule has 0 aliphatic carbocycles. The van der Waals surface area contributed by atoms with Crippen LogP contribution >= 0.6 is 0 Å². The van der Waals surface area contributed by atoms with Gasteiger partial charge < -0.3 is 4.74 Å². The molecule has 0 aromatic carbocycles. The van der Waals surface area contributed by atoms with Crippen LogP contribution in [-0.4, -0.2) is 12.7 Å². The second-order valence-electron chi connectivity index (χ2n) is 5.37. The third-order valence-electron chi connectivity index (χ3n) is 3.72. The van der Waals surface area contributed by atoms with Crippen LogP contribution in [0.4, 0.5) is 0 Å². The van der Waals surface area contributed by atoms with Gasteiger partial charge in [-0.3, -0.25) is 0 Å². The lowest BCUT2D eigenvalue weighted by atomic mass is 9.88. The van der Waals surface area contributed by atoms with E-state index in [0.717, 1.165) is 18.4 Å². The highest BCUT2D eigenvalue weighted by atomic mass is 16.5. The van der Waals surface area contributed by atoms with Crippen LogP contribution in [0.2, 0.25) is 0 Å². The van der Waals surface area contributed by atoms with Crippen molar-refractivity contribution in [2.45, 2.75) is 71.8 Å². The number of ether oxygens (including phenoxy) is 1. The molecule has 0 saturated carbocycles. The molecule has 0 N–H and O–H groups in total. The molecule has 3 unspecified atom stereocenters. The van der Waals surface area contributed by atoms with Gasteiger partial charge in [-0.15, -0.1) is 0 Å². The quantitative estimate of drug-likeness (QED) is 0.593. The molecular weight excluding hydrogens is 184 g/mol. The maximum atomic E-state index is 5.87. The second-order valence-corrected chi connectivity index (χ2v) is 5.37. The first-order chi connectivity index (χ1) is 7.24. The van der Waals surface area contributed by atoms with Gasteiger partial charge in [-0.05, 0) is 31.1 Å². The van der Waals surface area contributed by atoms with Crippen LogP contribution in [0.5, 0.6) is 0 Å². The van der Waals surface area contributed by atoms with Crippen molar-refractivity contribution in [3.63, 3.8) is 0 Å². The van der Waals surface area contributed by atoms with E-state index in [9.17, 15) is 0 Å². The van der Waals surface area contributed by atoms with E-state index in [-0.39, 0.29) is 0 Å². The van der Waals surface area contributed by atoms with Crippen molar-refractivity contribution in [3.8, 4) is 0 Å². The minimum absolute atomic E-state index is 0.551. The largest absolute Gasteiger partial charge is 0.378 e. The molecular formula is C14H28O. The van der Waals surface area contributed by atoms with Crippen LogP contribution < -0.4 is 0 Å². The zero-order valence-electron chi connectivity index (χ0n) is 10.8. The Labute approximate surface area is 95.6 Å².